The summed E-state index contributed by atoms with van der Waals surface area (Å²) in [6.45, 7) is 3.80. The maximum atomic E-state index is 11.6. The molecule has 0 bridgehead atoms. The fourth-order valence-electron chi connectivity index (χ4n) is 3.44. The minimum atomic E-state index is -0.936. The predicted octanol–water partition coefficient (Wildman–Crippen LogP) is 6.20. The second-order valence-corrected chi connectivity index (χ2v) is 9.21. The molecule has 164 valence electrons. The van der Waals surface area contributed by atoms with Gasteiger partial charge >= 0.3 is 5.97 Å². The van der Waals surface area contributed by atoms with E-state index in [1.165, 1.54) is 11.9 Å². The molecule has 1 N–H and O–H groups in total. The molecule has 32 heavy (non-hydrogen) atoms. The average molecular weight is 487 g/mol. The van der Waals surface area contributed by atoms with Crippen molar-refractivity contribution in [3.05, 3.63) is 76.0 Å². The van der Waals surface area contributed by atoms with E-state index in [4.69, 9.17) is 23.2 Å². The second kappa shape index (κ2) is 9.40. The molecule has 0 saturated carbocycles. The summed E-state index contributed by atoms with van der Waals surface area (Å²) in [5.41, 5.74) is 3.74. The molecule has 0 atom stereocenters. The van der Waals surface area contributed by atoms with Gasteiger partial charge in [-0.2, -0.15) is 5.10 Å². The second-order valence-electron chi connectivity index (χ2n) is 7.24. The Hall–Kier alpha value is -2.74. The van der Waals surface area contributed by atoms with E-state index in [0.29, 0.717) is 10.0 Å². The minimum Gasteiger partial charge on any atom is -0.480 e. The van der Waals surface area contributed by atoms with Crippen LogP contribution in [-0.4, -0.2) is 32.4 Å². The number of carbonyl (C=O) groups is 1. The van der Waals surface area contributed by atoms with Crippen LogP contribution in [0.15, 0.2) is 59.6 Å². The predicted molar refractivity (Wildman–Crippen MR) is 130 cm³/mol. The highest BCUT2D eigenvalue weighted by Crippen LogP contribution is 2.35. The molecule has 0 spiro atoms. The Morgan fingerprint density at radius 3 is 2.47 bits per heavy atom. The number of aromatic nitrogens is 3. The van der Waals surface area contributed by atoms with E-state index in [2.05, 4.69) is 23.3 Å². The lowest BCUT2D eigenvalue weighted by Crippen LogP contribution is -2.22. The molecular weight excluding hydrogens is 467 g/mol. The lowest BCUT2D eigenvalue weighted by Gasteiger charge is -2.22. The van der Waals surface area contributed by atoms with Crippen LogP contribution in [0.1, 0.15) is 18.2 Å². The highest BCUT2D eigenvalue weighted by atomic mass is 35.5. The van der Waals surface area contributed by atoms with Crippen LogP contribution in [-0.2, 0) is 11.2 Å². The van der Waals surface area contributed by atoms with Gasteiger partial charge in [-0.1, -0.05) is 30.1 Å². The van der Waals surface area contributed by atoms with E-state index < -0.39 is 5.97 Å². The third-order valence-electron chi connectivity index (χ3n) is 4.90. The molecule has 2 heterocycles. The highest BCUT2D eigenvalue weighted by Gasteiger charge is 2.17. The van der Waals surface area contributed by atoms with E-state index in [9.17, 15) is 9.90 Å². The van der Waals surface area contributed by atoms with Crippen molar-refractivity contribution in [1.82, 2.24) is 14.8 Å². The Balaban J connectivity index is 1.77. The average Bonchev–Trinajstić information content (AvgIpc) is 3.11. The monoisotopic (exact) mass is 486 g/mol. The number of anilines is 1. The Kier molecular flexibility index (Phi) is 6.60. The number of carboxylic acids is 1. The standard InChI is InChI=1S/C23H20Cl2N4O2S/c1-3-15-12-28(22-7-4-14(2)26-27-22)21-6-5-18(11-20(15)21)29(13-23(30)31)32-19-9-16(24)8-17(25)10-19/h4-12H,3,13H2,1-2H3,(H,30,31). The number of fused-ring (bicyclic) bond motifs is 1. The number of hydrogen-bond acceptors (Lipinski definition) is 5. The van der Waals surface area contributed by atoms with E-state index in [0.717, 1.165) is 45.0 Å². The van der Waals surface area contributed by atoms with Crippen LogP contribution >= 0.6 is 35.1 Å². The van der Waals surface area contributed by atoms with Crippen molar-refractivity contribution >= 4 is 57.7 Å². The summed E-state index contributed by atoms with van der Waals surface area (Å²) in [6, 6.07) is 14.9. The van der Waals surface area contributed by atoms with Gasteiger partial charge in [-0.25, -0.2) is 0 Å². The molecule has 0 aliphatic heterocycles. The number of halogens is 2. The van der Waals surface area contributed by atoms with Crippen LogP contribution in [0.4, 0.5) is 5.69 Å². The van der Waals surface area contributed by atoms with Crippen LogP contribution in [0.3, 0.4) is 0 Å². The van der Waals surface area contributed by atoms with Gasteiger partial charge < -0.3 is 9.41 Å². The number of rotatable bonds is 7. The molecule has 4 aromatic rings. The first-order valence-electron chi connectivity index (χ1n) is 9.92. The van der Waals surface area contributed by atoms with Crippen LogP contribution in [0.25, 0.3) is 16.7 Å². The van der Waals surface area contributed by atoms with E-state index >= 15 is 0 Å². The van der Waals surface area contributed by atoms with Crippen molar-refractivity contribution in [2.24, 2.45) is 0 Å². The third-order valence-corrected chi connectivity index (χ3v) is 6.34. The molecule has 4 rings (SSSR count). The summed E-state index contributed by atoms with van der Waals surface area (Å²) in [7, 11) is 0. The molecule has 2 aromatic carbocycles. The topological polar surface area (TPSA) is 71.2 Å². The number of aliphatic carboxylic acids is 1. The molecule has 2 aromatic heterocycles. The lowest BCUT2D eigenvalue weighted by molar-refractivity contribution is -0.135. The van der Waals surface area contributed by atoms with E-state index in [1.807, 2.05) is 41.8 Å². The minimum absolute atomic E-state index is 0.189. The number of benzene rings is 2. The smallest absolute Gasteiger partial charge is 0.324 e. The first-order valence-corrected chi connectivity index (χ1v) is 11.4. The fraction of sp³-hybridized carbons (Fsp3) is 0.174. The maximum Gasteiger partial charge on any atom is 0.324 e. The zero-order valence-electron chi connectivity index (χ0n) is 17.4. The Morgan fingerprint density at radius 2 is 1.84 bits per heavy atom. The zero-order valence-corrected chi connectivity index (χ0v) is 19.7. The Bertz CT molecular complexity index is 1270. The molecule has 9 heteroatoms. The number of hydrogen-bond donors (Lipinski definition) is 1. The molecular formula is C23H20Cl2N4O2S. The molecule has 0 aliphatic carbocycles. The molecule has 0 aliphatic rings. The van der Waals surface area contributed by atoms with Crippen LogP contribution in [0.2, 0.25) is 10.0 Å². The SMILES string of the molecule is CCc1cn(-c2ccc(C)nn2)c2ccc(N(CC(=O)O)Sc3cc(Cl)cc(Cl)c3)cc12. The molecule has 0 saturated heterocycles. The van der Waals surface area contributed by atoms with Crippen molar-refractivity contribution in [2.75, 3.05) is 10.8 Å². The van der Waals surface area contributed by atoms with Gasteiger partial charge in [0.2, 0.25) is 0 Å². The third kappa shape index (κ3) is 4.85. The van der Waals surface area contributed by atoms with Crippen LogP contribution in [0.5, 0.6) is 0 Å². The number of aryl methyl sites for hydroxylation is 2. The molecule has 0 fully saturated rings. The van der Waals surface area contributed by atoms with Gasteiger partial charge in [0.15, 0.2) is 5.82 Å². The van der Waals surface area contributed by atoms with Gasteiger partial charge in [-0.3, -0.25) is 9.36 Å². The summed E-state index contributed by atoms with van der Waals surface area (Å²) in [5, 5.41) is 20.0. The van der Waals surface area contributed by atoms with E-state index in [1.54, 1.807) is 22.5 Å². The Morgan fingerprint density at radius 1 is 1.09 bits per heavy atom. The molecule has 6 nitrogen and oxygen atoms in total. The zero-order chi connectivity index (χ0) is 22.8. The van der Waals surface area contributed by atoms with Gasteiger partial charge in [0.05, 0.1) is 11.2 Å². The van der Waals surface area contributed by atoms with Crippen molar-refractivity contribution in [1.29, 1.82) is 0 Å². The van der Waals surface area contributed by atoms with Crippen molar-refractivity contribution in [2.45, 2.75) is 25.2 Å². The van der Waals surface area contributed by atoms with Crippen molar-refractivity contribution in [3.8, 4) is 5.82 Å². The van der Waals surface area contributed by atoms with Crippen molar-refractivity contribution < 1.29 is 9.90 Å². The first-order chi connectivity index (χ1) is 15.3. The molecule has 0 amide bonds. The first kappa shape index (κ1) is 22.5. The van der Waals surface area contributed by atoms with Gasteiger partial charge in [0, 0.05) is 32.2 Å². The maximum absolute atomic E-state index is 11.6. The summed E-state index contributed by atoms with van der Waals surface area (Å²) in [5.74, 6) is -0.202. The van der Waals surface area contributed by atoms with Gasteiger partial charge in [-0.05, 0) is 79.4 Å². The lowest BCUT2D eigenvalue weighted by atomic mass is 10.1. The quantitative estimate of drug-likeness (QED) is 0.313. The summed E-state index contributed by atoms with van der Waals surface area (Å²) in [4.78, 5) is 12.3. The van der Waals surface area contributed by atoms with Crippen LogP contribution < -0.4 is 4.31 Å². The summed E-state index contributed by atoms with van der Waals surface area (Å²) in [6.07, 6.45) is 2.88. The van der Waals surface area contributed by atoms with Crippen molar-refractivity contribution in [3.63, 3.8) is 0 Å². The Labute approximate surface area is 199 Å². The number of nitrogens with zero attached hydrogens (tertiary/aromatic N) is 4. The van der Waals surface area contributed by atoms with Gasteiger partial charge in [0.25, 0.3) is 0 Å². The summed E-state index contributed by atoms with van der Waals surface area (Å²) < 4.78 is 3.72. The van der Waals surface area contributed by atoms with Gasteiger partial charge in [0.1, 0.15) is 6.54 Å². The highest BCUT2D eigenvalue weighted by molar-refractivity contribution is 8.00. The van der Waals surface area contributed by atoms with Crippen LogP contribution in [0, 0.1) is 6.92 Å². The number of carboxylic acid groups (broad SMARTS) is 1. The van der Waals surface area contributed by atoms with Gasteiger partial charge in [-0.15, -0.1) is 5.10 Å². The van der Waals surface area contributed by atoms with E-state index in [-0.39, 0.29) is 6.54 Å². The summed E-state index contributed by atoms with van der Waals surface area (Å²) >= 11 is 13.5. The normalized spacial score (nSPS) is 11.1. The molecule has 0 unspecified atom stereocenters. The molecule has 0 radical (unpaired) electrons. The largest absolute Gasteiger partial charge is 0.480 e. The fourth-order valence-corrected chi connectivity index (χ4v) is 5.10.